The number of likely N-dealkylation sites (N-methyl/N-ethyl adjacent to an activating group) is 1. The van der Waals surface area contributed by atoms with E-state index in [1.165, 1.54) is 21.9 Å². The summed E-state index contributed by atoms with van der Waals surface area (Å²) in [5.41, 5.74) is 1.74. The smallest absolute Gasteiger partial charge is 0.291 e. The fourth-order valence-electron chi connectivity index (χ4n) is 4.36. The van der Waals surface area contributed by atoms with Gasteiger partial charge in [-0.25, -0.2) is 0 Å². The topological polar surface area (TPSA) is 88.4 Å². The SMILES string of the molecule is CC[NH+](CC)CCN1C(=O)C(=O)C(C(=O)c2ccc(OC)cc2C)C1c1ccc(O)cc1. The summed E-state index contributed by atoms with van der Waals surface area (Å²) in [4.78, 5) is 42.5. The summed E-state index contributed by atoms with van der Waals surface area (Å²) in [7, 11) is 1.55. The van der Waals surface area contributed by atoms with Gasteiger partial charge in [-0.2, -0.15) is 0 Å². The lowest BCUT2D eigenvalue weighted by Crippen LogP contribution is -3.12. The van der Waals surface area contributed by atoms with Crippen molar-refractivity contribution in [2.75, 3.05) is 33.3 Å². The van der Waals surface area contributed by atoms with Crippen molar-refractivity contribution in [2.45, 2.75) is 26.8 Å². The van der Waals surface area contributed by atoms with Crippen molar-refractivity contribution in [1.82, 2.24) is 4.90 Å². The molecule has 1 saturated heterocycles. The third-order valence-electron chi connectivity index (χ3n) is 6.33. The molecule has 2 unspecified atom stereocenters. The van der Waals surface area contributed by atoms with Gasteiger partial charge in [0.1, 0.15) is 17.4 Å². The van der Waals surface area contributed by atoms with E-state index in [1.54, 1.807) is 44.4 Å². The molecule has 1 aliphatic heterocycles. The summed E-state index contributed by atoms with van der Waals surface area (Å²) in [5.74, 6) is -2.12. The molecule has 0 aromatic heterocycles. The van der Waals surface area contributed by atoms with Crippen LogP contribution in [0.5, 0.6) is 11.5 Å². The van der Waals surface area contributed by atoms with Crippen LogP contribution in [0.25, 0.3) is 0 Å². The predicted octanol–water partition coefficient (Wildman–Crippen LogP) is 1.59. The van der Waals surface area contributed by atoms with E-state index in [-0.39, 0.29) is 11.5 Å². The highest BCUT2D eigenvalue weighted by molar-refractivity contribution is 6.44. The van der Waals surface area contributed by atoms with Gasteiger partial charge in [-0.15, -0.1) is 0 Å². The van der Waals surface area contributed by atoms with E-state index in [0.717, 1.165) is 13.1 Å². The van der Waals surface area contributed by atoms with E-state index < -0.39 is 23.7 Å². The molecule has 1 fully saturated rings. The molecule has 170 valence electrons. The molecule has 0 spiro atoms. The molecule has 0 aliphatic carbocycles. The molecule has 2 N–H and O–H groups in total. The third kappa shape index (κ3) is 4.53. The molecule has 0 saturated carbocycles. The van der Waals surface area contributed by atoms with E-state index in [0.29, 0.717) is 35.5 Å². The molecule has 3 rings (SSSR count). The average molecular weight is 440 g/mol. The molecule has 1 heterocycles. The maximum absolute atomic E-state index is 13.6. The highest BCUT2D eigenvalue weighted by Gasteiger charge is 2.51. The number of phenols is 1. The van der Waals surface area contributed by atoms with E-state index in [9.17, 15) is 19.5 Å². The molecular formula is C25H31N2O5+. The Kier molecular flexibility index (Phi) is 7.30. The summed E-state index contributed by atoms with van der Waals surface area (Å²) < 4.78 is 5.22. The highest BCUT2D eigenvalue weighted by atomic mass is 16.5. The number of amides is 1. The van der Waals surface area contributed by atoms with Gasteiger partial charge in [0.15, 0.2) is 5.78 Å². The molecule has 2 atom stereocenters. The molecule has 2 aromatic carbocycles. The number of benzene rings is 2. The van der Waals surface area contributed by atoms with Crippen molar-refractivity contribution in [3.05, 3.63) is 59.2 Å². The van der Waals surface area contributed by atoms with Crippen LogP contribution in [0, 0.1) is 12.8 Å². The highest BCUT2D eigenvalue weighted by Crippen LogP contribution is 2.39. The number of carbonyl (C=O) groups excluding carboxylic acids is 3. The number of hydrogen-bond donors (Lipinski definition) is 2. The molecule has 7 nitrogen and oxygen atoms in total. The van der Waals surface area contributed by atoms with Gasteiger partial charge in [0.25, 0.3) is 5.91 Å². The van der Waals surface area contributed by atoms with Crippen LogP contribution in [0.1, 0.15) is 41.4 Å². The van der Waals surface area contributed by atoms with E-state index >= 15 is 0 Å². The lowest BCUT2D eigenvalue weighted by atomic mass is 9.85. The first-order chi connectivity index (χ1) is 15.3. The van der Waals surface area contributed by atoms with Crippen LogP contribution >= 0.6 is 0 Å². The Morgan fingerprint density at radius 2 is 1.75 bits per heavy atom. The number of aromatic hydroxyl groups is 1. The number of ether oxygens (including phenoxy) is 1. The van der Waals surface area contributed by atoms with E-state index in [1.807, 2.05) is 0 Å². The Labute approximate surface area is 188 Å². The Morgan fingerprint density at radius 3 is 2.31 bits per heavy atom. The monoisotopic (exact) mass is 439 g/mol. The minimum Gasteiger partial charge on any atom is -0.508 e. The van der Waals surface area contributed by atoms with Crippen molar-refractivity contribution in [3.63, 3.8) is 0 Å². The van der Waals surface area contributed by atoms with Gasteiger partial charge in [-0.3, -0.25) is 14.4 Å². The number of carbonyl (C=O) groups is 3. The number of nitrogens with zero attached hydrogens (tertiary/aromatic N) is 1. The number of likely N-dealkylation sites (tertiary alicyclic amines) is 1. The maximum atomic E-state index is 13.6. The zero-order valence-electron chi connectivity index (χ0n) is 19.1. The van der Waals surface area contributed by atoms with Crippen LogP contribution < -0.4 is 9.64 Å². The number of rotatable bonds is 9. The minimum atomic E-state index is -1.13. The average Bonchev–Trinajstić information content (AvgIpc) is 3.04. The summed E-state index contributed by atoms with van der Waals surface area (Å²) in [6.45, 7) is 8.81. The van der Waals surface area contributed by atoms with Gasteiger partial charge >= 0.3 is 0 Å². The Bertz CT molecular complexity index is 998. The number of aryl methyl sites for hydroxylation is 1. The second-order valence-electron chi connectivity index (χ2n) is 8.13. The summed E-state index contributed by atoms with van der Waals surface area (Å²) in [6, 6.07) is 10.7. The van der Waals surface area contributed by atoms with Gasteiger partial charge in [0, 0.05) is 5.56 Å². The van der Waals surface area contributed by atoms with Gasteiger partial charge in [0.2, 0.25) is 5.78 Å². The fraction of sp³-hybridized carbons (Fsp3) is 0.400. The van der Waals surface area contributed by atoms with Gasteiger partial charge in [0.05, 0.1) is 39.3 Å². The largest absolute Gasteiger partial charge is 0.508 e. The first-order valence-corrected chi connectivity index (χ1v) is 11.0. The van der Waals surface area contributed by atoms with Crippen LogP contribution in [0.2, 0.25) is 0 Å². The molecule has 7 heteroatoms. The van der Waals surface area contributed by atoms with E-state index in [4.69, 9.17) is 4.74 Å². The molecule has 1 amide bonds. The predicted molar refractivity (Wildman–Crippen MR) is 120 cm³/mol. The third-order valence-corrected chi connectivity index (χ3v) is 6.33. The lowest BCUT2D eigenvalue weighted by Gasteiger charge is -2.28. The van der Waals surface area contributed by atoms with Gasteiger partial charge in [-0.1, -0.05) is 12.1 Å². The van der Waals surface area contributed by atoms with Crippen molar-refractivity contribution in [2.24, 2.45) is 5.92 Å². The Hall–Kier alpha value is -3.19. The zero-order valence-corrected chi connectivity index (χ0v) is 19.1. The fourth-order valence-corrected chi connectivity index (χ4v) is 4.36. The van der Waals surface area contributed by atoms with Crippen LogP contribution in [0.15, 0.2) is 42.5 Å². The number of Topliss-reactive ketones (excluding diaryl/α,β-unsaturated/α-hetero) is 2. The minimum absolute atomic E-state index is 0.0809. The second-order valence-corrected chi connectivity index (χ2v) is 8.13. The first kappa shape index (κ1) is 23.5. The van der Waals surface area contributed by atoms with Crippen molar-refractivity contribution < 1.29 is 29.1 Å². The maximum Gasteiger partial charge on any atom is 0.291 e. The summed E-state index contributed by atoms with van der Waals surface area (Å²) in [5, 5.41) is 9.72. The van der Waals surface area contributed by atoms with Crippen molar-refractivity contribution >= 4 is 17.5 Å². The zero-order chi connectivity index (χ0) is 23.4. The van der Waals surface area contributed by atoms with Crippen LogP contribution in [0.3, 0.4) is 0 Å². The van der Waals surface area contributed by atoms with Crippen molar-refractivity contribution in [1.29, 1.82) is 0 Å². The molecule has 2 aromatic rings. The number of ketones is 2. The molecule has 32 heavy (non-hydrogen) atoms. The number of methoxy groups -OCH3 is 1. The molecular weight excluding hydrogens is 408 g/mol. The molecule has 0 radical (unpaired) electrons. The quantitative estimate of drug-likeness (QED) is 0.352. The first-order valence-electron chi connectivity index (χ1n) is 11.0. The van der Waals surface area contributed by atoms with Gasteiger partial charge < -0.3 is 19.6 Å². The number of nitrogens with one attached hydrogen (secondary N) is 1. The normalized spacial score (nSPS) is 18.5. The Balaban J connectivity index is 2.02. The van der Waals surface area contributed by atoms with Crippen LogP contribution in [-0.2, 0) is 9.59 Å². The number of hydrogen-bond acceptors (Lipinski definition) is 5. The van der Waals surface area contributed by atoms with E-state index in [2.05, 4.69) is 13.8 Å². The number of phenolic OH excluding ortho intramolecular Hbond substituents is 1. The summed E-state index contributed by atoms with van der Waals surface area (Å²) >= 11 is 0. The van der Waals surface area contributed by atoms with Crippen LogP contribution in [-0.4, -0.2) is 60.8 Å². The number of quaternary nitrogens is 1. The Morgan fingerprint density at radius 1 is 1.09 bits per heavy atom. The standard InChI is InChI=1S/C25H30N2O5/c1-5-26(6-2)13-14-27-22(17-7-9-18(28)10-8-17)21(24(30)25(27)31)23(29)20-12-11-19(32-4)15-16(20)3/h7-12,15,21-22,28H,5-6,13-14H2,1-4H3/p+1. The second kappa shape index (κ2) is 9.96. The molecule has 1 aliphatic rings. The van der Waals surface area contributed by atoms with Crippen molar-refractivity contribution in [3.8, 4) is 11.5 Å². The molecule has 0 bridgehead atoms. The van der Waals surface area contributed by atoms with Gasteiger partial charge in [-0.05, 0) is 62.2 Å². The lowest BCUT2D eigenvalue weighted by molar-refractivity contribution is -0.895. The summed E-state index contributed by atoms with van der Waals surface area (Å²) in [6.07, 6.45) is 0. The van der Waals surface area contributed by atoms with Crippen LogP contribution in [0.4, 0.5) is 0 Å².